The van der Waals surface area contributed by atoms with Crippen LogP contribution in [0.2, 0.25) is 0 Å². The van der Waals surface area contributed by atoms with Crippen molar-refractivity contribution in [3.63, 3.8) is 0 Å². The van der Waals surface area contributed by atoms with Gasteiger partial charge in [-0.05, 0) is 13.8 Å². The van der Waals surface area contributed by atoms with Gasteiger partial charge in [0.1, 0.15) is 20.1 Å². The molecule has 0 aromatic heterocycles. The van der Waals surface area contributed by atoms with Crippen molar-refractivity contribution in [2.24, 2.45) is 0 Å². The van der Waals surface area contributed by atoms with E-state index in [2.05, 4.69) is 10.6 Å². The first kappa shape index (κ1) is 21.3. The van der Waals surface area contributed by atoms with Crippen molar-refractivity contribution in [1.29, 1.82) is 0 Å². The molecule has 0 saturated heterocycles. The highest BCUT2D eigenvalue weighted by atomic mass is 16.6. The second-order valence-corrected chi connectivity index (χ2v) is 4.93. The Bertz CT molecular complexity index is 424. The number of nitrogens with one attached hydrogen (secondary N) is 2. The fraction of sp³-hybridized carbons (Fsp3) is 0.800. The quantitative estimate of drug-likeness (QED) is 0.176. The van der Waals surface area contributed by atoms with Crippen LogP contribution in [0.15, 0.2) is 0 Å². The minimum Gasteiger partial charge on any atom is -0.462 e. The van der Waals surface area contributed by atoms with Gasteiger partial charge in [0.2, 0.25) is 12.3 Å². The molecule has 0 aliphatic rings. The Hall–Kier alpha value is -1.75. The lowest BCUT2D eigenvalue weighted by Crippen LogP contribution is -2.48. The summed E-state index contributed by atoms with van der Waals surface area (Å²) >= 11 is 0. The fourth-order valence-corrected chi connectivity index (χ4v) is 1.48. The molecule has 0 rings (SSSR count). The molecular weight excluding hydrogens is 336 g/mol. The van der Waals surface area contributed by atoms with Gasteiger partial charge < -0.3 is 34.7 Å². The number of hydrogen-bond donors (Lipinski definition) is 3. The standard InChI is InChI=1S/C15H28N2O8/c1-12(16-11-19)14(20)17-13(2)15(21)25-10-9-24-8-7-23-6-5-22-4-3-18/h11-13,18H,3-10H2,1-2H3,(H,16,19)(H,17,20)/t12-,13-/m0/s1/i11D. The maximum atomic E-state index is 11.7. The lowest BCUT2D eigenvalue weighted by molar-refractivity contribution is -0.149. The van der Waals surface area contributed by atoms with Gasteiger partial charge in [0.05, 0.1) is 46.2 Å². The van der Waals surface area contributed by atoms with Crippen LogP contribution in [0, 0.1) is 0 Å². The van der Waals surface area contributed by atoms with Crippen molar-refractivity contribution >= 4 is 18.3 Å². The molecule has 0 saturated carbocycles. The number of amides is 2. The molecular formula is C15H28N2O8. The zero-order valence-electron chi connectivity index (χ0n) is 15.6. The Morgan fingerprint density at radius 1 is 1.00 bits per heavy atom. The summed E-state index contributed by atoms with van der Waals surface area (Å²) in [6.45, 7) is 4.79. The Kier molecular flexibility index (Phi) is 13.4. The predicted molar refractivity (Wildman–Crippen MR) is 86.8 cm³/mol. The van der Waals surface area contributed by atoms with Gasteiger partial charge in [-0.15, -0.1) is 0 Å². The largest absolute Gasteiger partial charge is 0.462 e. The van der Waals surface area contributed by atoms with Crippen LogP contribution in [0.1, 0.15) is 15.2 Å². The molecule has 0 aliphatic carbocycles. The molecule has 25 heavy (non-hydrogen) atoms. The first-order chi connectivity index (χ1) is 12.4. The molecule has 0 unspecified atom stereocenters. The smallest absolute Gasteiger partial charge is 0.328 e. The Balaban J connectivity index is 3.63. The summed E-state index contributed by atoms with van der Waals surface area (Å²) in [6, 6.07) is -1.82. The highest BCUT2D eigenvalue weighted by molar-refractivity contribution is 5.88. The van der Waals surface area contributed by atoms with Crippen LogP contribution in [0.25, 0.3) is 0 Å². The number of rotatable bonds is 15. The van der Waals surface area contributed by atoms with Crippen molar-refractivity contribution in [3.8, 4) is 0 Å². The van der Waals surface area contributed by atoms with Crippen LogP contribution >= 0.6 is 0 Å². The van der Waals surface area contributed by atoms with Crippen molar-refractivity contribution in [2.45, 2.75) is 25.9 Å². The number of aliphatic hydroxyl groups is 1. The maximum Gasteiger partial charge on any atom is 0.328 e. The molecule has 0 aromatic rings. The molecule has 0 aromatic carbocycles. The number of aliphatic hydroxyl groups excluding tert-OH is 1. The van der Waals surface area contributed by atoms with Crippen molar-refractivity contribution in [1.82, 2.24) is 10.6 Å². The van der Waals surface area contributed by atoms with Gasteiger partial charge in [0.25, 0.3) is 0 Å². The second kappa shape index (κ2) is 15.8. The number of carbonyl (C=O) groups is 3. The number of hydrogen-bond acceptors (Lipinski definition) is 8. The van der Waals surface area contributed by atoms with Crippen molar-refractivity contribution in [3.05, 3.63) is 0 Å². The van der Waals surface area contributed by atoms with Crippen molar-refractivity contribution in [2.75, 3.05) is 52.9 Å². The topological polar surface area (TPSA) is 132 Å². The Morgan fingerprint density at radius 2 is 1.52 bits per heavy atom. The molecule has 0 heterocycles. The van der Waals surface area contributed by atoms with Gasteiger partial charge in [-0.1, -0.05) is 0 Å². The minimum absolute atomic E-state index is 0.0229. The summed E-state index contributed by atoms with van der Waals surface area (Å²) in [5, 5.41) is 13.0. The molecule has 0 fully saturated rings. The third-order valence-corrected chi connectivity index (χ3v) is 2.83. The van der Waals surface area contributed by atoms with Crippen LogP contribution in [0.5, 0.6) is 0 Å². The van der Waals surface area contributed by atoms with E-state index >= 15 is 0 Å². The van der Waals surface area contributed by atoms with Crippen LogP contribution in [0.3, 0.4) is 0 Å². The lowest BCUT2D eigenvalue weighted by Gasteiger charge is -2.16. The zero-order valence-corrected chi connectivity index (χ0v) is 14.6. The molecule has 0 spiro atoms. The molecule has 0 bridgehead atoms. The highest BCUT2D eigenvalue weighted by Crippen LogP contribution is 1.91. The van der Waals surface area contributed by atoms with E-state index in [1.165, 1.54) is 13.8 Å². The van der Waals surface area contributed by atoms with E-state index in [9.17, 15) is 14.4 Å². The molecule has 3 N–H and O–H groups in total. The normalized spacial score (nSPS) is 13.5. The number of carbonyl (C=O) groups excluding carboxylic acids is 3. The average molecular weight is 365 g/mol. The highest BCUT2D eigenvalue weighted by Gasteiger charge is 2.20. The summed E-state index contributed by atoms with van der Waals surface area (Å²) in [5.41, 5.74) is 0. The third-order valence-electron chi connectivity index (χ3n) is 2.83. The summed E-state index contributed by atoms with van der Waals surface area (Å²) < 4.78 is 27.1. The van der Waals surface area contributed by atoms with E-state index in [-0.39, 0.29) is 26.4 Å². The number of ether oxygens (including phenoxy) is 4. The van der Waals surface area contributed by atoms with Gasteiger partial charge in [-0.2, -0.15) is 0 Å². The molecule has 2 atom stereocenters. The predicted octanol–water partition coefficient (Wildman–Crippen LogP) is -1.79. The van der Waals surface area contributed by atoms with Gasteiger partial charge in [0.15, 0.2) is 0 Å². The second-order valence-electron chi connectivity index (χ2n) is 4.93. The van der Waals surface area contributed by atoms with Crippen molar-refractivity contribution < 1.29 is 39.8 Å². The van der Waals surface area contributed by atoms with Gasteiger partial charge >= 0.3 is 5.97 Å². The molecule has 10 heteroatoms. The SMILES string of the molecule is [2H]C(=O)N[C@@H](C)C(=O)N[C@@H](C)C(=O)OCCOCCOCCOCCO. The van der Waals surface area contributed by atoms with Crippen LogP contribution in [-0.4, -0.2) is 88.3 Å². The summed E-state index contributed by atoms with van der Waals surface area (Å²) in [5.74, 6) is -1.23. The molecule has 2 amide bonds. The van der Waals surface area contributed by atoms with E-state index in [1.807, 2.05) is 0 Å². The van der Waals surface area contributed by atoms with E-state index in [0.29, 0.717) is 26.4 Å². The Labute approximate surface area is 148 Å². The maximum absolute atomic E-state index is 11.7. The minimum atomic E-state index is -1.08. The molecule has 0 aliphatic heterocycles. The summed E-state index contributed by atoms with van der Waals surface area (Å²) in [4.78, 5) is 33.9. The first-order valence-corrected chi connectivity index (χ1v) is 7.96. The summed E-state index contributed by atoms with van der Waals surface area (Å²) in [7, 11) is 0. The van der Waals surface area contributed by atoms with Crippen LogP contribution in [0.4, 0.5) is 0 Å². The van der Waals surface area contributed by atoms with Gasteiger partial charge in [0, 0.05) is 0 Å². The molecule has 0 radical (unpaired) electrons. The molecule has 10 nitrogen and oxygen atoms in total. The summed E-state index contributed by atoms with van der Waals surface area (Å²) in [6.07, 6.45) is -1.08. The lowest BCUT2D eigenvalue weighted by atomic mass is 10.2. The third kappa shape index (κ3) is 13.2. The zero-order chi connectivity index (χ0) is 19.8. The average Bonchev–Trinajstić information content (AvgIpc) is 2.58. The Morgan fingerprint density at radius 3 is 2.04 bits per heavy atom. The van der Waals surface area contributed by atoms with Crippen LogP contribution < -0.4 is 10.6 Å². The fourth-order valence-electron chi connectivity index (χ4n) is 1.48. The van der Waals surface area contributed by atoms with E-state index < -0.39 is 30.3 Å². The van der Waals surface area contributed by atoms with Crippen LogP contribution in [-0.2, 0) is 33.3 Å². The van der Waals surface area contributed by atoms with E-state index in [4.69, 9.17) is 25.4 Å². The molecule has 146 valence electrons. The first-order valence-electron chi connectivity index (χ1n) is 8.46. The number of esters is 1. The van der Waals surface area contributed by atoms with Gasteiger partial charge in [-0.3, -0.25) is 9.59 Å². The van der Waals surface area contributed by atoms with E-state index in [1.54, 1.807) is 0 Å². The van der Waals surface area contributed by atoms with Gasteiger partial charge in [-0.25, -0.2) is 4.79 Å². The van der Waals surface area contributed by atoms with E-state index in [0.717, 1.165) is 0 Å². The monoisotopic (exact) mass is 365 g/mol.